The molecule has 2 heterocycles. The molecule has 0 aliphatic carbocycles. The molecule has 2 aromatic heterocycles. The molecule has 0 amide bonds. The van der Waals surface area contributed by atoms with E-state index < -0.39 is 0 Å². The molecule has 0 saturated carbocycles. The van der Waals surface area contributed by atoms with Gasteiger partial charge in [-0.3, -0.25) is 4.68 Å². The smallest absolute Gasteiger partial charge is 0.138 e. The van der Waals surface area contributed by atoms with Crippen LogP contribution in [0.15, 0.2) is 6.33 Å². The van der Waals surface area contributed by atoms with E-state index in [0.29, 0.717) is 12.3 Å². The number of rotatable bonds is 4. The minimum atomic E-state index is -0.115. The highest BCUT2D eigenvalue weighted by atomic mass is 32.1. The Morgan fingerprint density at radius 2 is 2.24 bits per heavy atom. The van der Waals surface area contributed by atoms with Crippen LogP contribution in [0.4, 0.5) is 0 Å². The van der Waals surface area contributed by atoms with Gasteiger partial charge in [0, 0.05) is 19.5 Å². The number of hydrogen-bond donors (Lipinski definition) is 1. The summed E-state index contributed by atoms with van der Waals surface area (Å²) in [7, 11) is 1.86. The lowest BCUT2D eigenvalue weighted by molar-refractivity contribution is 0.626. The van der Waals surface area contributed by atoms with Crippen LogP contribution in [0, 0.1) is 0 Å². The van der Waals surface area contributed by atoms with Gasteiger partial charge in [0.15, 0.2) is 0 Å². The van der Waals surface area contributed by atoms with E-state index >= 15 is 0 Å². The molecule has 6 nitrogen and oxygen atoms in total. The maximum Gasteiger partial charge on any atom is 0.138 e. The van der Waals surface area contributed by atoms with E-state index in [1.54, 1.807) is 4.68 Å². The van der Waals surface area contributed by atoms with E-state index in [0.717, 1.165) is 16.4 Å². The highest BCUT2D eigenvalue weighted by Crippen LogP contribution is 2.26. The Morgan fingerprint density at radius 1 is 1.47 bits per heavy atom. The van der Waals surface area contributed by atoms with Gasteiger partial charge in [-0.05, 0) is 17.5 Å². The molecule has 7 heteroatoms. The van der Waals surface area contributed by atoms with Gasteiger partial charge in [-0.2, -0.15) is 5.10 Å². The van der Waals surface area contributed by atoms with Crippen LogP contribution in [0.25, 0.3) is 0 Å². The first-order chi connectivity index (χ1) is 8.09. The van der Waals surface area contributed by atoms with Crippen molar-refractivity contribution in [2.45, 2.75) is 32.2 Å². The zero-order valence-electron chi connectivity index (χ0n) is 10.2. The highest BCUT2D eigenvalue weighted by molar-refractivity contribution is 7.05. The third kappa shape index (κ3) is 2.50. The van der Waals surface area contributed by atoms with Crippen molar-refractivity contribution in [1.29, 1.82) is 0 Å². The van der Waals surface area contributed by atoms with Crippen molar-refractivity contribution >= 4 is 11.5 Å². The molecule has 0 radical (unpaired) electrons. The Labute approximate surface area is 104 Å². The molecule has 0 aliphatic rings. The predicted octanol–water partition coefficient (Wildman–Crippen LogP) is 1.03. The first-order valence-corrected chi connectivity index (χ1v) is 6.27. The van der Waals surface area contributed by atoms with Crippen molar-refractivity contribution in [3.05, 3.63) is 22.7 Å². The molecule has 17 heavy (non-hydrogen) atoms. The molecule has 1 atom stereocenters. The molecular formula is C10H16N6S. The molecule has 2 N–H and O–H groups in total. The fraction of sp³-hybridized carbons (Fsp3) is 0.600. The standard InChI is InChI=1S/C10H16N6S/c1-6(2)9-10(17-15-14-9)7(11)4-8-12-5-13-16(8)3/h5-7H,4,11H2,1-3H3. The zero-order valence-corrected chi connectivity index (χ0v) is 11.0. The van der Waals surface area contributed by atoms with Crippen molar-refractivity contribution < 1.29 is 0 Å². The van der Waals surface area contributed by atoms with Crippen LogP contribution in [-0.2, 0) is 13.5 Å². The topological polar surface area (TPSA) is 82.5 Å². The average molecular weight is 252 g/mol. The minimum absolute atomic E-state index is 0.115. The highest BCUT2D eigenvalue weighted by Gasteiger charge is 2.19. The van der Waals surface area contributed by atoms with Crippen LogP contribution in [0.5, 0.6) is 0 Å². The normalized spacial score (nSPS) is 13.2. The minimum Gasteiger partial charge on any atom is -0.323 e. The van der Waals surface area contributed by atoms with E-state index in [1.807, 2.05) is 7.05 Å². The summed E-state index contributed by atoms with van der Waals surface area (Å²) < 4.78 is 5.72. The predicted molar refractivity (Wildman–Crippen MR) is 65.6 cm³/mol. The van der Waals surface area contributed by atoms with Crippen molar-refractivity contribution in [2.75, 3.05) is 0 Å². The van der Waals surface area contributed by atoms with Crippen LogP contribution in [0.2, 0.25) is 0 Å². The van der Waals surface area contributed by atoms with E-state index in [1.165, 1.54) is 17.9 Å². The largest absolute Gasteiger partial charge is 0.323 e. The van der Waals surface area contributed by atoms with Gasteiger partial charge in [-0.25, -0.2) is 4.98 Å². The van der Waals surface area contributed by atoms with Crippen LogP contribution < -0.4 is 5.73 Å². The molecule has 92 valence electrons. The van der Waals surface area contributed by atoms with Crippen molar-refractivity contribution in [1.82, 2.24) is 24.4 Å². The Morgan fingerprint density at radius 3 is 2.82 bits per heavy atom. The van der Waals surface area contributed by atoms with E-state index in [2.05, 4.69) is 33.5 Å². The number of aromatic nitrogens is 5. The molecular weight excluding hydrogens is 236 g/mol. The van der Waals surface area contributed by atoms with Crippen molar-refractivity contribution in [3.63, 3.8) is 0 Å². The van der Waals surface area contributed by atoms with E-state index in [4.69, 9.17) is 5.73 Å². The Bertz CT molecular complexity index is 488. The number of nitrogens with zero attached hydrogens (tertiary/aromatic N) is 5. The molecule has 0 aromatic carbocycles. The summed E-state index contributed by atoms with van der Waals surface area (Å²) in [4.78, 5) is 5.22. The summed E-state index contributed by atoms with van der Waals surface area (Å²) in [5.74, 6) is 1.22. The molecule has 2 rings (SSSR count). The summed E-state index contributed by atoms with van der Waals surface area (Å²) in [5.41, 5.74) is 7.18. The molecule has 0 bridgehead atoms. The Balaban J connectivity index is 2.17. The molecule has 0 spiro atoms. The Hall–Kier alpha value is -1.34. The summed E-state index contributed by atoms with van der Waals surface area (Å²) in [6.07, 6.45) is 2.19. The average Bonchev–Trinajstić information content (AvgIpc) is 2.87. The maximum atomic E-state index is 6.19. The second-order valence-electron chi connectivity index (χ2n) is 4.29. The number of aryl methyl sites for hydroxylation is 1. The second-order valence-corrected chi connectivity index (χ2v) is 5.07. The first-order valence-electron chi connectivity index (χ1n) is 5.50. The molecule has 0 fully saturated rings. The van der Waals surface area contributed by atoms with Gasteiger partial charge in [0.25, 0.3) is 0 Å². The molecule has 1 unspecified atom stereocenters. The van der Waals surface area contributed by atoms with Gasteiger partial charge in [0.2, 0.25) is 0 Å². The maximum absolute atomic E-state index is 6.19. The molecule has 2 aromatic rings. The SMILES string of the molecule is CC(C)c1nnsc1C(N)Cc1ncnn1C. The number of nitrogens with two attached hydrogens (primary N) is 1. The van der Waals surface area contributed by atoms with Crippen molar-refractivity contribution in [3.8, 4) is 0 Å². The van der Waals surface area contributed by atoms with E-state index in [-0.39, 0.29) is 6.04 Å². The van der Waals surface area contributed by atoms with Crippen LogP contribution >= 0.6 is 11.5 Å². The van der Waals surface area contributed by atoms with Gasteiger partial charge < -0.3 is 5.73 Å². The lowest BCUT2D eigenvalue weighted by atomic mass is 10.0. The van der Waals surface area contributed by atoms with Crippen LogP contribution in [0.3, 0.4) is 0 Å². The monoisotopic (exact) mass is 252 g/mol. The van der Waals surface area contributed by atoms with Gasteiger partial charge in [0.05, 0.1) is 10.6 Å². The fourth-order valence-electron chi connectivity index (χ4n) is 1.66. The first kappa shape index (κ1) is 12.1. The van der Waals surface area contributed by atoms with Crippen molar-refractivity contribution in [2.24, 2.45) is 12.8 Å². The Kier molecular flexibility index (Phi) is 3.49. The van der Waals surface area contributed by atoms with Crippen LogP contribution in [0.1, 0.15) is 42.2 Å². The lowest BCUT2D eigenvalue weighted by Crippen LogP contribution is -2.16. The molecule has 0 aliphatic heterocycles. The summed E-state index contributed by atoms with van der Waals surface area (Å²) in [6.45, 7) is 4.19. The van der Waals surface area contributed by atoms with Gasteiger partial charge in [-0.1, -0.05) is 18.3 Å². The second kappa shape index (κ2) is 4.89. The van der Waals surface area contributed by atoms with Crippen LogP contribution in [-0.4, -0.2) is 24.4 Å². The molecule has 0 saturated heterocycles. The van der Waals surface area contributed by atoms with E-state index in [9.17, 15) is 0 Å². The summed E-state index contributed by atoms with van der Waals surface area (Å²) >= 11 is 1.37. The zero-order chi connectivity index (χ0) is 12.4. The summed E-state index contributed by atoms with van der Waals surface area (Å²) in [5, 5.41) is 8.16. The van der Waals surface area contributed by atoms with Gasteiger partial charge in [0.1, 0.15) is 12.2 Å². The number of hydrogen-bond acceptors (Lipinski definition) is 6. The lowest BCUT2D eigenvalue weighted by Gasteiger charge is -2.11. The third-order valence-electron chi connectivity index (χ3n) is 2.63. The fourth-order valence-corrected chi connectivity index (χ4v) is 2.46. The quantitative estimate of drug-likeness (QED) is 0.878. The summed E-state index contributed by atoms with van der Waals surface area (Å²) in [6, 6.07) is -0.115. The van der Waals surface area contributed by atoms with Gasteiger partial charge in [-0.15, -0.1) is 5.10 Å². The van der Waals surface area contributed by atoms with Gasteiger partial charge >= 0.3 is 0 Å². The third-order valence-corrected chi connectivity index (χ3v) is 3.50.